The van der Waals surface area contributed by atoms with Gasteiger partial charge in [0.1, 0.15) is 11.3 Å². The van der Waals surface area contributed by atoms with Gasteiger partial charge in [0.2, 0.25) is 0 Å². The van der Waals surface area contributed by atoms with Gasteiger partial charge in [-0.25, -0.2) is 4.79 Å². The molecule has 1 heterocycles. The van der Waals surface area contributed by atoms with Crippen molar-refractivity contribution in [2.75, 3.05) is 13.2 Å². The highest BCUT2D eigenvalue weighted by Crippen LogP contribution is 2.25. The molecular formula is C24H24O6. The fourth-order valence-electron chi connectivity index (χ4n) is 3.19. The van der Waals surface area contributed by atoms with Crippen molar-refractivity contribution in [2.45, 2.75) is 33.6 Å². The van der Waals surface area contributed by atoms with Crippen LogP contribution in [0.15, 0.2) is 51.7 Å². The molecule has 2 aromatic carbocycles. The molecule has 1 aromatic heterocycles. The average molecular weight is 408 g/mol. The van der Waals surface area contributed by atoms with E-state index >= 15 is 0 Å². The number of ketones is 1. The predicted molar refractivity (Wildman–Crippen MR) is 113 cm³/mol. The maximum absolute atomic E-state index is 12.4. The van der Waals surface area contributed by atoms with Crippen molar-refractivity contribution >= 4 is 22.7 Å². The molecule has 0 spiro atoms. The minimum absolute atomic E-state index is 0.116. The van der Waals surface area contributed by atoms with Crippen molar-refractivity contribution in [3.05, 3.63) is 75.1 Å². The van der Waals surface area contributed by atoms with Gasteiger partial charge in [-0.3, -0.25) is 9.59 Å². The molecule has 0 aliphatic carbocycles. The van der Waals surface area contributed by atoms with Crippen LogP contribution in [0, 0.1) is 13.8 Å². The summed E-state index contributed by atoms with van der Waals surface area (Å²) in [5, 5.41) is 0.755. The molecule has 0 amide bonds. The first kappa shape index (κ1) is 21.3. The van der Waals surface area contributed by atoms with Gasteiger partial charge < -0.3 is 13.9 Å². The quantitative estimate of drug-likeness (QED) is 0.316. The Hall–Kier alpha value is -3.41. The first-order valence-electron chi connectivity index (χ1n) is 9.83. The van der Waals surface area contributed by atoms with E-state index in [2.05, 4.69) is 0 Å². The maximum Gasteiger partial charge on any atom is 0.339 e. The van der Waals surface area contributed by atoms with Gasteiger partial charge in [-0.1, -0.05) is 29.8 Å². The summed E-state index contributed by atoms with van der Waals surface area (Å²) >= 11 is 0. The minimum Gasteiger partial charge on any atom is -0.485 e. The number of hydrogen-bond acceptors (Lipinski definition) is 6. The Bertz CT molecular complexity index is 1120. The lowest BCUT2D eigenvalue weighted by atomic mass is 10.0. The average Bonchev–Trinajstić information content (AvgIpc) is 2.72. The third kappa shape index (κ3) is 4.95. The number of fused-ring (bicyclic) bond motifs is 1. The van der Waals surface area contributed by atoms with Crippen LogP contribution in [-0.2, 0) is 16.0 Å². The number of esters is 1. The number of Topliss-reactive ketones (excluding diaryl/α,β-unsaturated/α-hetero) is 1. The zero-order valence-corrected chi connectivity index (χ0v) is 17.3. The Kier molecular flexibility index (Phi) is 6.67. The number of carbonyl (C=O) groups excluding carboxylic acids is 2. The van der Waals surface area contributed by atoms with E-state index in [1.54, 1.807) is 37.3 Å². The number of carbonyl (C=O) groups is 2. The summed E-state index contributed by atoms with van der Waals surface area (Å²) in [6.45, 7) is 5.70. The highest BCUT2D eigenvalue weighted by atomic mass is 16.5. The zero-order chi connectivity index (χ0) is 21.7. The lowest BCUT2D eigenvalue weighted by Crippen LogP contribution is -2.14. The van der Waals surface area contributed by atoms with Gasteiger partial charge in [-0.2, -0.15) is 0 Å². The van der Waals surface area contributed by atoms with Gasteiger partial charge in [0.05, 0.1) is 6.61 Å². The molecule has 0 unspecified atom stereocenters. The summed E-state index contributed by atoms with van der Waals surface area (Å²) in [6, 6.07) is 12.4. The molecule has 0 radical (unpaired) electrons. The van der Waals surface area contributed by atoms with Crippen LogP contribution in [0.2, 0.25) is 0 Å². The smallest absolute Gasteiger partial charge is 0.339 e. The lowest BCUT2D eigenvalue weighted by Gasteiger charge is -2.10. The van der Waals surface area contributed by atoms with E-state index in [0.29, 0.717) is 29.1 Å². The normalized spacial score (nSPS) is 10.8. The molecule has 3 aromatic rings. The molecule has 6 heteroatoms. The summed E-state index contributed by atoms with van der Waals surface area (Å²) in [6.07, 6.45) is 0.375. The van der Waals surface area contributed by atoms with Gasteiger partial charge in [-0.05, 0) is 44.9 Å². The summed E-state index contributed by atoms with van der Waals surface area (Å²) < 4.78 is 16.0. The van der Waals surface area contributed by atoms with E-state index < -0.39 is 5.63 Å². The van der Waals surface area contributed by atoms with Crippen molar-refractivity contribution in [1.29, 1.82) is 0 Å². The fraction of sp³-hybridized carbons (Fsp3) is 0.292. The van der Waals surface area contributed by atoms with Gasteiger partial charge in [0.25, 0.3) is 0 Å². The Labute approximate surface area is 174 Å². The van der Waals surface area contributed by atoms with Gasteiger partial charge in [0, 0.05) is 29.0 Å². The predicted octanol–water partition coefficient (Wildman–Crippen LogP) is 4.17. The van der Waals surface area contributed by atoms with Crippen LogP contribution in [-0.4, -0.2) is 25.0 Å². The summed E-state index contributed by atoms with van der Waals surface area (Å²) in [7, 11) is 0. The number of aryl methyl sites for hydroxylation is 2. The van der Waals surface area contributed by atoms with E-state index in [1.165, 1.54) is 0 Å². The first-order chi connectivity index (χ1) is 14.4. The monoisotopic (exact) mass is 408 g/mol. The third-order valence-corrected chi connectivity index (χ3v) is 4.89. The van der Waals surface area contributed by atoms with Crippen LogP contribution in [0.1, 0.15) is 40.4 Å². The molecular weight excluding hydrogens is 384 g/mol. The molecule has 6 nitrogen and oxygen atoms in total. The molecule has 30 heavy (non-hydrogen) atoms. The second-order valence-electron chi connectivity index (χ2n) is 7.03. The fourth-order valence-corrected chi connectivity index (χ4v) is 3.19. The van der Waals surface area contributed by atoms with Crippen molar-refractivity contribution in [3.63, 3.8) is 0 Å². The largest absolute Gasteiger partial charge is 0.485 e. The van der Waals surface area contributed by atoms with Crippen molar-refractivity contribution in [2.24, 2.45) is 0 Å². The second kappa shape index (κ2) is 9.39. The van der Waals surface area contributed by atoms with Crippen molar-refractivity contribution in [1.82, 2.24) is 0 Å². The summed E-state index contributed by atoms with van der Waals surface area (Å²) in [5.41, 5.74) is 2.76. The van der Waals surface area contributed by atoms with Crippen LogP contribution in [0.4, 0.5) is 0 Å². The molecule has 0 atom stereocenters. The highest BCUT2D eigenvalue weighted by molar-refractivity contribution is 5.97. The molecule has 3 rings (SSSR count). The van der Waals surface area contributed by atoms with E-state index in [9.17, 15) is 14.4 Å². The lowest BCUT2D eigenvalue weighted by molar-refractivity contribution is -0.143. The summed E-state index contributed by atoms with van der Waals surface area (Å²) in [4.78, 5) is 36.3. The Morgan fingerprint density at radius 1 is 1.03 bits per heavy atom. The maximum atomic E-state index is 12.4. The standard InChI is InChI=1S/C24H24O6/c1-4-28-23(26)12-11-20-16(3)19-10-9-18(13-22(19)30-24(20)27)29-14-21(25)17-7-5-15(2)6-8-17/h5-10,13H,4,11-12,14H2,1-3H3. The van der Waals surface area contributed by atoms with Crippen LogP contribution in [0.25, 0.3) is 11.0 Å². The Balaban J connectivity index is 1.75. The van der Waals surface area contributed by atoms with Crippen LogP contribution >= 0.6 is 0 Å². The van der Waals surface area contributed by atoms with Crippen LogP contribution in [0.3, 0.4) is 0 Å². The molecule has 0 bridgehead atoms. The minimum atomic E-state index is -0.489. The van der Waals surface area contributed by atoms with E-state index in [-0.39, 0.29) is 31.2 Å². The third-order valence-electron chi connectivity index (χ3n) is 4.89. The summed E-state index contributed by atoms with van der Waals surface area (Å²) in [5.74, 6) is -0.0507. The molecule has 0 N–H and O–H groups in total. The van der Waals surface area contributed by atoms with E-state index in [0.717, 1.165) is 16.5 Å². The molecule has 156 valence electrons. The molecule has 0 fully saturated rings. The molecule has 0 aliphatic heterocycles. The van der Waals surface area contributed by atoms with E-state index in [1.807, 2.05) is 26.0 Å². The Morgan fingerprint density at radius 3 is 2.47 bits per heavy atom. The number of rotatable bonds is 8. The van der Waals surface area contributed by atoms with Gasteiger partial charge in [-0.15, -0.1) is 0 Å². The van der Waals surface area contributed by atoms with Crippen molar-refractivity contribution < 1.29 is 23.5 Å². The van der Waals surface area contributed by atoms with Crippen LogP contribution in [0.5, 0.6) is 5.75 Å². The topological polar surface area (TPSA) is 82.8 Å². The second-order valence-corrected chi connectivity index (χ2v) is 7.03. The van der Waals surface area contributed by atoms with Crippen LogP contribution < -0.4 is 10.4 Å². The number of benzene rings is 2. The molecule has 0 aliphatic rings. The Morgan fingerprint density at radius 2 is 1.77 bits per heavy atom. The van der Waals surface area contributed by atoms with Crippen molar-refractivity contribution in [3.8, 4) is 5.75 Å². The zero-order valence-electron chi connectivity index (χ0n) is 17.3. The molecule has 0 saturated heterocycles. The molecule has 0 saturated carbocycles. The number of hydrogen-bond donors (Lipinski definition) is 0. The van der Waals surface area contributed by atoms with E-state index in [4.69, 9.17) is 13.9 Å². The van der Waals surface area contributed by atoms with Gasteiger partial charge >= 0.3 is 11.6 Å². The SMILES string of the molecule is CCOC(=O)CCc1c(C)c2ccc(OCC(=O)c3ccc(C)cc3)cc2oc1=O. The number of ether oxygens (including phenoxy) is 2. The van der Waals surface area contributed by atoms with Gasteiger partial charge in [0.15, 0.2) is 12.4 Å². The highest BCUT2D eigenvalue weighted by Gasteiger charge is 2.14. The first-order valence-corrected chi connectivity index (χ1v) is 9.83.